The summed E-state index contributed by atoms with van der Waals surface area (Å²) in [4.78, 5) is 39.3. The number of halogens is 1. The van der Waals surface area contributed by atoms with Crippen LogP contribution in [0.1, 0.15) is 32.0 Å². The molecule has 0 radical (unpaired) electrons. The van der Waals surface area contributed by atoms with Crippen molar-refractivity contribution >= 4 is 33.7 Å². The normalized spacial score (nSPS) is 11.0. The van der Waals surface area contributed by atoms with E-state index in [1.165, 1.54) is 12.3 Å². The molecular formula is C27H19BrO6. The van der Waals surface area contributed by atoms with E-state index < -0.39 is 29.9 Å². The lowest BCUT2D eigenvalue weighted by Gasteiger charge is -2.31. The van der Waals surface area contributed by atoms with Crippen LogP contribution in [0.4, 0.5) is 0 Å². The average molecular weight is 519 g/mol. The number of esters is 2. The topological polar surface area (TPSA) is 82.8 Å². The summed E-state index contributed by atoms with van der Waals surface area (Å²) in [6, 6.07) is 26.7. The van der Waals surface area contributed by atoms with E-state index in [0.717, 1.165) is 4.47 Å². The Morgan fingerprint density at radius 3 is 1.88 bits per heavy atom. The SMILES string of the molecule is O=C(COC(=O)C(OC(=O)c1ccco1)(c1ccccc1)c1ccccc1)c1ccc(Br)cc1. The molecule has 0 bridgehead atoms. The molecule has 34 heavy (non-hydrogen) atoms. The monoisotopic (exact) mass is 518 g/mol. The molecule has 0 amide bonds. The average Bonchev–Trinajstić information content (AvgIpc) is 3.42. The molecule has 4 rings (SSSR count). The van der Waals surface area contributed by atoms with Gasteiger partial charge in [0.15, 0.2) is 12.4 Å². The third kappa shape index (κ3) is 4.84. The van der Waals surface area contributed by atoms with Gasteiger partial charge in [-0.15, -0.1) is 0 Å². The van der Waals surface area contributed by atoms with Crippen LogP contribution in [0, 0.1) is 0 Å². The van der Waals surface area contributed by atoms with Crippen LogP contribution >= 0.6 is 15.9 Å². The lowest BCUT2D eigenvalue weighted by Crippen LogP contribution is -2.43. The Bertz CT molecular complexity index is 1230. The second kappa shape index (κ2) is 10.3. The lowest BCUT2D eigenvalue weighted by atomic mass is 9.86. The molecule has 170 valence electrons. The summed E-state index contributed by atoms with van der Waals surface area (Å²) < 4.78 is 17.3. The van der Waals surface area contributed by atoms with Crippen LogP contribution in [-0.2, 0) is 19.9 Å². The summed E-state index contributed by atoms with van der Waals surface area (Å²) >= 11 is 3.32. The molecule has 3 aromatic carbocycles. The first kappa shape index (κ1) is 23.2. The first-order valence-corrected chi connectivity index (χ1v) is 11.1. The number of carbonyl (C=O) groups excluding carboxylic acids is 3. The number of benzene rings is 3. The predicted octanol–water partition coefficient (Wildman–Crippen LogP) is 5.57. The highest BCUT2D eigenvalue weighted by Crippen LogP contribution is 2.36. The second-order valence-electron chi connectivity index (χ2n) is 7.29. The summed E-state index contributed by atoms with van der Waals surface area (Å²) in [5.41, 5.74) is -0.857. The fourth-order valence-corrected chi connectivity index (χ4v) is 3.71. The molecule has 1 heterocycles. The van der Waals surface area contributed by atoms with E-state index >= 15 is 0 Å². The van der Waals surface area contributed by atoms with Crippen molar-refractivity contribution in [1.82, 2.24) is 0 Å². The molecule has 0 aliphatic rings. The zero-order valence-corrected chi connectivity index (χ0v) is 19.4. The Balaban J connectivity index is 1.72. The van der Waals surface area contributed by atoms with Crippen molar-refractivity contribution in [3.63, 3.8) is 0 Å². The van der Waals surface area contributed by atoms with Gasteiger partial charge < -0.3 is 13.9 Å². The summed E-state index contributed by atoms with van der Waals surface area (Å²) in [5, 5.41) is 0. The van der Waals surface area contributed by atoms with Gasteiger partial charge in [-0.2, -0.15) is 0 Å². The first-order chi connectivity index (χ1) is 16.5. The highest BCUT2D eigenvalue weighted by molar-refractivity contribution is 9.10. The lowest BCUT2D eigenvalue weighted by molar-refractivity contribution is -0.161. The van der Waals surface area contributed by atoms with Crippen LogP contribution in [0.25, 0.3) is 0 Å². The molecule has 0 spiro atoms. The molecule has 7 heteroatoms. The van der Waals surface area contributed by atoms with Gasteiger partial charge in [-0.05, 0) is 24.3 Å². The Morgan fingerprint density at radius 2 is 1.35 bits per heavy atom. The molecule has 0 N–H and O–H groups in total. The van der Waals surface area contributed by atoms with Gasteiger partial charge >= 0.3 is 11.9 Å². The fraction of sp³-hybridized carbons (Fsp3) is 0.0741. The van der Waals surface area contributed by atoms with Gasteiger partial charge in [0.05, 0.1) is 6.26 Å². The van der Waals surface area contributed by atoms with Crippen LogP contribution < -0.4 is 0 Å². The maximum atomic E-state index is 13.7. The van der Waals surface area contributed by atoms with E-state index in [1.807, 2.05) is 0 Å². The zero-order chi connectivity index (χ0) is 24.0. The molecule has 0 saturated heterocycles. The van der Waals surface area contributed by atoms with Crippen molar-refractivity contribution in [3.05, 3.63) is 130 Å². The summed E-state index contributed by atoms with van der Waals surface area (Å²) in [7, 11) is 0. The summed E-state index contributed by atoms with van der Waals surface area (Å²) in [6.45, 7) is -0.528. The molecule has 1 aromatic heterocycles. The van der Waals surface area contributed by atoms with Gasteiger partial charge in [0.25, 0.3) is 5.60 Å². The minimum Gasteiger partial charge on any atom is -0.457 e. The number of carbonyl (C=O) groups is 3. The van der Waals surface area contributed by atoms with Gasteiger partial charge in [0, 0.05) is 21.2 Å². The number of ketones is 1. The maximum absolute atomic E-state index is 13.7. The summed E-state index contributed by atoms with van der Waals surface area (Å²) in [5.74, 6) is -2.23. The van der Waals surface area contributed by atoms with Crippen LogP contribution in [0.15, 0.2) is 112 Å². The minimum atomic E-state index is -1.97. The van der Waals surface area contributed by atoms with E-state index in [9.17, 15) is 14.4 Å². The van der Waals surface area contributed by atoms with E-state index in [0.29, 0.717) is 16.7 Å². The maximum Gasteiger partial charge on any atom is 0.376 e. The molecule has 4 aromatic rings. The van der Waals surface area contributed by atoms with E-state index in [-0.39, 0.29) is 5.76 Å². The largest absolute Gasteiger partial charge is 0.457 e. The Labute approximate surface area is 204 Å². The van der Waals surface area contributed by atoms with Gasteiger partial charge in [0.2, 0.25) is 5.76 Å². The third-order valence-electron chi connectivity index (χ3n) is 5.12. The van der Waals surface area contributed by atoms with E-state index in [1.54, 1.807) is 91.0 Å². The molecule has 0 saturated carbocycles. The van der Waals surface area contributed by atoms with Crippen LogP contribution in [0.3, 0.4) is 0 Å². The van der Waals surface area contributed by atoms with Crippen molar-refractivity contribution < 1.29 is 28.3 Å². The fourth-order valence-electron chi connectivity index (χ4n) is 3.44. The van der Waals surface area contributed by atoms with Crippen molar-refractivity contribution in [2.24, 2.45) is 0 Å². The zero-order valence-electron chi connectivity index (χ0n) is 17.8. The van der Waals surface area contributed by atoms with Crippen LogP contribution in [-0.4, -0.2) is 24.3 Å². The smallest absolute Gasteiger partial charge is 0.376 e. The number of hydrogen-bond acceptors (Lipinski definition) is 6. The molecule has 0 aliphatic carbocycles. The standard InChI is InChI=1S/C27H19BrO6/c28-22-15-13-19(14-16-22)23(29)18-33-26(31)27(20-8-3-1-4-9-20,21-10-5-2-6-11-21)34-25(30)24-12-7-17-32-24/h1-17H,18H2. The Morgan fingerprint density at radius 1 is 0.765 bits per heavy atom. The van der Waals surface area contributed by atoms with Crippen molar-refractivity contribution in [2.45, 2.75) is 5.60 Å². The molecule has 0 atom stereocenters. The number of rotatable bonds is 8. The predicted molar refractivity (Wildman–Crippen MR) is 127 cm³/mol. The molecule has 6 nitrogen and oxygen atoms in total. The number of furan rings is 1. The van der Waals surface area contributed by atoms with Crippen molar-refractivity contribution in [3.8, 4) is 0 Å². The molecular weight excluding hydrogens is 500 g/mol. The number of hydrogen-bond donors (Lipinski definition) is 0. The number of ether oxygens (including phenoxy) is 2. The Kier molecular flexibility index (Phi) is 7.04. The Hall–Kier alpha value is -3.97. The minimum absolute atomic E-state index is 0.0741. The quantitative estimate of drug-likeness (QED) is 0.224. The van der Waals surface area contributed by atoms with Crippen molar-refractivity contribution in [2.75, 3.05) is 6.61 Å². The van der Waals surface area contributed by atoms with Crippen LogP contribution in [0.5, 0.6) is 0 Å². The summed E-state index contributed by atoms with van der Waals surface area (Å²) in [6.07, 6.45) is 1.33. The molecule has 0 fully saturated rings. The van der Waals surface area contributed by atoms with Gasteiger partial charge in [-0.1, -0.05) is 88.7 Å². The molecule has 0 aliphatic heterocycles. The molecule has 0 unspecified atom stereocenters. The number of Topliss-reactive ketones (excluding diaryl/α,β-unsaturated/α-hetero) is 1. The highest BCUT2D eigenvalue weighted by Gasteiger charge is 2.48. The van der Waals surface area contributed by atoms with Gasteiger partial charge in [-0.3, -0.25) is 4.79 Å². The third-order valence-corrected chi connectivity index (χ3v) is 5.65. The highest BCUT2D eigenvalue weighted by atomic mass is 79.9. The van der Waals surface area contributed by atoms with Gasteiger partial charge in [0.1, 0.15) is 0 Å². The first-order valence-electron chi connectivity index (χ1n) is 10.3. The van der Waals surface area contributed by atoms with E-state index in [4.69, 9.17) is 13.9 Å². The van der Waals surface area contributed by atoms with Gasteiger partial charge in [-0.25, -0.2) is 9.59 Å². The van der Waals surface area contributed by atoms with E-state index in [2.05, 4.69) is 15.9 Å². The second-order valence-corrected chi connectivity index (χ2v) is 8.20. The van der Waals surface area contributed by atoms with Crippen LogP contribution in [0.2, 0.25) is 0 Å². The van der Waals surface area contributed by atoms with Crippen molar-refractivity contribution in [1.29, 1.82) is 0 Å².